The van der Waals surface area contributed by atoms with Gasteiger partial charge in [0.2, 0.25) is 0 Å². The van der Waals surface area contributed by atoms with E-state index in [0.717, 1.165) is 0 Å². The fraction of sp³-hybridized carbons (Fsp3) is 0.400. The Bertz CT molecular complexity index is 304. The van der Waals surface area contributed by atoms with Crippen molar-refractivity contribution in [1.29, 1.82) is 0 Å². The molecule has 1 aromatic rings. The zero-order chi connectivity index (χ0) is 10.8. The minimum atomic E-state index is -1.45. The van der Waals surface area contributed by atoms with Crippen LogP contribution in [0.3, 0.4) is 0 Å². The van der Waals surface area contributed by atoms with Gasteiger partial charge in [-0.3, -0.25) is 0 Å². The van der Waals surface area contributed by atoms with Crippen LogP contribution >= 0.6 is 0 Å². The first-order valence-electron chi connectivity index (χ1n) is 4.53. The molecule has 0 saturated carbocycles. The Morgan fingerprint density at radius 1 is 1.21 bits per heavy atom. The first-order chi connectivity index (χ1) is 6.38. The largest absolute Gasteiger partial charge is 0.488 e. The van der Waals surface area contributed by atoms with Crippen molar-refractivity contribution in [2.24, 2.45) is 0 Å². The highest BCUT2D eigenvalue weighted by Gasteiger charge is 2.15. The molecule has 0 amide bonds. The molecule has 1 aromatic carbocycles. The first kappa shape index (κ1) is 11.1. The van der Waals surface area contributed by atoms with Crippen LogP contribution in [0, 0.1) is 0 Å². The number of benzene rings is 1. The highest BCUT2D eigenvalue weighted by atomic mass is 16.5. The number of hydrogen-bond acceptors (Lipinski definition) is 3. The maximum absolute atomic E-state index is 8.95. The van der Waals surface area contributed by atoms with E-state index in [-0.39, 0.29) is 5.60 Å². The van der Waals surface area contributed by atoms with Crippen molar-refractivity contribution in [3.05, 3.63) is 24.3 Å². The van der Waals surface area contributed by atoms with E-state index < -0.39 is 7.12 Å². The van der Waals surface area contributed by atoms with Crippen LogP contribution in [0.2, 0.25) is 0 Å². The molecule has 76 valence electrons. The first-order valence-corrected chi connectivity index (χ1v) is 4.53. The lowest BCUT2D eigenvalue weighted by Crippen LogP contribution is -2.30. The Labute approximate surface area is 84.5 Å². The van der Waals surface area contributed by atoms with Gasteiger partial charge < -0.3 is 14.8 Å². The van der Waals surface area contributed by atoms with Crippen molar-refractivity contribution < 1.29 is 14.8 Å². The third kappa shape index (κ3) is 3.40. The van der Waals surface area contributed by atoms with Crippen LogP contribution in [-0.2, 0) is 0 Å². The minimum Gasteiger partial charge on any atom is -0.488 e. The Hall–Kier alpha value is -0.995. The molecule has 3 nitrogen and oxygen atoms in total. The zero-order valence-electron chi connectivity index (χ0n) is 8.69. The molecule has 14 heavy (non-hydrogen) atoms. The Morgan fingerprint density at radius 3 is 2.36 bits per heavy atom. The minimum absolute atomic E-state index is 0.279. The molecule has 0 saturated heterocycles. The monoisotopic (exact) mass is 194 g/mol. The molecule has 0 radical (unpaired) electrons. The second-order valence-corrected chi connectivity index (χ2v) is 4.16. The van der Waals surface area contributed by atoms with Crippen molar-refractivity contribution in [1.82, 2.24) is 0 Å². The summed E-state index contributed by atoms with van der Waals surface area (Å²) in [7, 11) is -1.45. The van der Waals surface area contributed by atoms with Crippen molar-refractivity contribution >= 4 is 12.6 Å². The summed E-state index contributed by atoms with van der Waals surface area (Å²) in [5, 5.41) is 17.9. The molecule has 0 heterocycles. The lowest BCUT2D eigenvalue weighted by molar-refractivity contribution is 0.131. The maximum atomic E-state index is 8.95. The summed E-state index contributed by atoms with van der Waals surface area (Å²) in [6.07, 6.45) is 0. The van der Waals surface area contributed by atoms with E-state index in [9.17, 15) is 0 Å². The van der Waals surface area contributed by atoms with Crippen LogP contribution in [0.25, 0.3) is 0 Å². The van der Waals surface area contributed by atoms with E-state index >= 15 is 0 Å². The van der Waals surface area contributed by atoms with Crippen molar-refractivity contribution in [3.63, 3.8) is 0 Å². The predicted molar refractivity (Wildman–Crippen MR) is 56.6 cm³/mol. The Kier molecular flexibility index (Phi) is 3.19. The van der Waals surface area contributed by atoms with E-state index in [1.807, 2.05) is 20.8 Å². The highest BCUT2D eigenvalue weighted by Crippen LogP contribution is 2.15. The van der Waals surface area contributed by atoms with Gasteiger partial charge in [0.15, 0.2) is 0 Å². The molecule has 0 aromatic heterocycles. The fourth-order valence-corrected chi connectivity index (χ4v) is 1.09. The van der Waals surface area contributed by atoms with Crippen molar-refractivity contribution in [2.75, 3.05) is 0 Å². The van der Waals surface area contributed by atoms with E-state index in [2.05, 4.69) is 0 Å². The van der Waals surface area contributed by atoms with Gasteiger partial charge in [0.1, 0.15) is 11.4 Å². The summed E-state index contributed by atoms with van der Waals surface area (Å²) >= 11 is 0. The number of ether oxygens (including phenoxy) is 1. The molecule has 2 N–H and O–H groups in total. The summed E-state index contributed by atoms with van der Waals surface area (Å²) in [4.78, 5) is 0. The quantitative estimate of drug-likeness (QED) is 0.675. The summed E-state index contributed by atoms with van der Waals surface area (Å²) in [5.41, 5.74) is 0.158. The lowest BCUT2D eigenvalue weighted by atomic mass is 9.80. The smallest absolute Gasteiger partial charge is 0.488 e. The van der Waals surface area contributed by atoms with Crippen LogP contribution in [0.5, 0.6) is 5.75 Å². The van der Waals surface area contributed by atoms with Crippen molar-refractivity contribution in [3.8, 4) is 5.75 Å². The molecule has 0 bridgehead atoms. The van der Waals surface area contributed by atoms with Gasteiger partial charge >= 0.3 is 7.12 Å². The van der Waals surface area contributed by atoms with Crippen molar-refractivity contribution in [2.45, 2.75) is 26.4 Å². The Morgan fingerprint density at radius 2 is 1.86 bits per heavy atom. The van der Waals surface area contributed by atoms with Gasteiger partial charge in [0.05, 0.1) is 0 Å². The van der Waals surface area contributed by atoms with Crippen LogP contribution in [0.15, 0.2) is 24.3 Å². The average Bonchev–Trinajstić information content (AvgIpc) is 2.01. The summed E-state index contributed by atoms with van der Waals surface area (Å²) < 4.78 is 5.57. The molecular formula is C10H15BO3. The molecular weight excluding hydrogens is 179 g/mol. The number of hydrogen-bond donors (Lipinski definition) is 2. The molecule has 0 fully saturated rings. The standard InChI is InChI=1S/C10H15BO3/c1-10(2,3)14-9-6-4-5-8(7-9)11(12)13/h4-7,12-13H,1-3H3. The molecule has 0 spiro atoms. The maximum Gasteiger partial charge on any atom is 0.488 e. The van der Waals surface area contributed by atoms with Gasteiger partial charge in [0, 0.05) is 0 Å². The molecule has 0 atom stereocenters. The van der Waals surface area contributed by atoms with E-state index in [4.69, 9.17) is 14.8 Å². The Balaban J connectivity index is 2.84. The zero-order valence-corrected chi connectivity index (χ0v) is 8.69. The molecule has 4 heteroatoms. The van der Waals surface area contributed by atoms with Crippen LogP contribution in [-0.4, -0.2) is 22.8 Å². The normalized spacial score (nSPS) is 11.2. The summed E-state index contributed by atoms with van der Waals surface area (Å²) in [5.74, 6) is 0.642. The van der Waals surface area contributed by atoms with Gasteiger partial charge in [-0.05, 0) is 38.4 Å². The number of rotatable bonds is 2. The fourth-order valence-electron chi connectivity index (χ4n) is 1.09. The topological polar surface area (TPSA) is 49.7 Å². The molecule has 0 aliphatic carbocycles. The van der Waals surface area contributed by atoms with Gasteiger partial charge in [0.25, 0.3) is 0 Å². The molecule has 0 aliphatic rings. The third-order valence-corrected chi connectivity index (χ3v) is 1.58. The van der Waals surface area contributed by atoms with E-state index in [0.29, 0.717) is 11.2 Å². The second kappa shape index (κ2) is 4.03. The van der Waals surface area contributed by atoms with Gasteiger partial charge in [-0.2, -0.15) is 0 Å². The summed E-state index contributed by atoms with van der Waals surface area (Å²) in [6.45, 7) is 5.82. The third-order valence-electron chi connectivity index (χ3n) is 1.58. The lowest BCUT2D eigenvalue weighted by Gasteiger charge is -2.21. The second-order valence-electron chi connectivity index (χ2n) is 4.16. The van der Waals surface area contributed by atoms with Gasteiger partial charge in [-0.15, -0.1) is 0 Å². The predicted octanol–water partition coefficient (Wildman–Crippen LogP) is 0.544. The van der Waals surface area contributed by atoms with E-state index in [1.165, 1.54) is 0 Å². The average molecular weight is 194 g/mol. The summed E-state index contributed by atoms with van der Waals surface area (Å²) in [6, 6.07) is 6.78. The van der Waals surface area contributed by atoms with Gasteiger partial charge in [-0.1, -0.05) is 12.1 Å². The van der Waals surface area contributed by atoms with E-state index in [1.54, 1.807) is 24.3 Å². The van der Waals surface area contributed by atoms with Crippen LogP contribution < -0.4 is 10.2 Å². The molecule has 1 rings (SSSR count). The molecule has 0 aliphatic heterocycles. The van der Waals surface area contributed by atoms with Crippen LogP contribution in [0.1, 0.15) is 20.8 Å². The molecule has 0 unspecified atom stereocenters. The SMILES string of the molecule is CC(C)(C)Oc1cccc(B(O)O)c1. The highest BCUT2D eigenvalue weighted by molar-refractivity contribution is 6.58. The van der Waals surface area contributed by atoms with Crippen LogP contribution in [0.4, 0.5) is 0 Å². The van der Waals surface area contributed by atoms with Gasteiger partial charge in [-0.25, -0.2) is 0 Å².